The average Bonchev–Trinajstić information content (AvgIpc) is 3.43. The lowest BCUT2D eigenvalue weighted by atomic mass is 10.0. The highest BCUT2D eigenvalue weighted by atomic mass is 79.9. The lowest BCUT2D eigenvalue weighted by Crippen LogP contribution is -2.30. The Bertz CT molecular complexity index is 1450. The molecule has 0 spiro atoms. The van der Waals surface area contributed by atoms with Crippen LogP contribution in [0.15, 0.2) is 52.3 Å². The molecular formula is C27H24BrN3O7S. The summed E-state index contributed by atoms with van der Waals surface area (Å²) in [4.78, 5) is 62.2. The van der Waals surface area contributed by atoms with Crippen molar-refractivity contribution in [2.75, 3.05) is 18.5 Å². The maximum absolute atomic E-state index is 12.7. The fraction of sp³-hybridized carbons (Fsp3) is 0.259. The molecule has 12 heteroatoms. The highest BCUT2D eigenvalue weighted by Gasteiger charge is 2.40. The number of imide groups is 1. The molecule has 0 bridgehead atoms. The second-order valence-corrected chi connectivity index (χ2v) is 10.5. The summed E-state index contributed by atoms with van der Waals surface area (Å²) in [6.07, 6.45) is 1.63. The summed E-state index contributed by atoms with van der Waals surface area (Å²) in [7, 11) is 0. The van der Waals surface area contributed by atoms with Crippen LogP contribution in [0.25, 0.3) is 11.1 Å². The van der Waals surface area contributed by atoms with E-state index in [1.165, 1.54) is 29.5 Å². The zero-order chi connectivity index (χ0) is 28.1. The molecule has 0 radical (unpaired) electrons. The highest BCUT2D eigenvalue weighted by molar-refractivity contribution is 9.10. The van der Waals surface area contributed by atoms with Gasteiger partial charge >= 0.3 is 5.97 Å². The first-order chi connectivity index (χ1) is 18.7. The number of carbonyl (C=O) groups excluding carboxylic acids is 4. The minimum absolute atomic E-state index is 0.0319. The predicted molar refractivity (Wildman–Crippen MR) is 149 cm³/mol. The van der Waals surface area contributed by atoms with E-state index in [1.807, 2.05) is 24.3 Å². The van der Waals surface area contributed by atoms with Gasteiger partial charge < -0.3 is 10.1 Å². The Labute approximate surface area is 236 Å². The van der Waals surface area contributed by atoms with E-state index in [1.54, 1.807) is 12.3 Å². The largest absolute Gasteiger partial charge is 0.462 e. The van der Waals surface area contributed by atoms with Gasteiger partial charge in [0.15, 0.2) is 0 Å². The molecule has 10 nitrogen and oxygen atoms in total. The Morgan fingerprint density at radius 3 is 2.49 bits per heavy atom. The van der Waals surface area contributed by atoms with Crippen molar-refractivity contribution in [1.82, 2.24) is 4.90 Å². The molecule has 3 amide bonds. The number of halogens is 1. The second-order valence-electron chi connectivity index (χ2n) is 8.66. The monoisotopic (exact) mass is 613 g/mol. The molecule has 202 valence electrons. The molecule has 0 atom stereocenters. The van der Waals surface area contributed by atoms with Gasteiger partial charge in [-0.05, 0) is 43.5 Å². The minimum atomic E-state index is -0.675. The first-order valence-corrected chi connectivity index (χ1v) is 13.9. The highest BCUT2D eigenvalue weighted by Crippen LogP contribution is 2.37. The van der Waals surface area contributed by atoms with Gasteiger partial charge in [0.25, 0.3) is 17.5 Å². The maximum Gasteiger partial charge on any atom is 0.341 e. The van der Waals surface area contributed by atoms with Crippen molar-refractivity contribution in [2.24, 2.45) is 0 Å². The Hall–Kier alpha value is -3.90. The normalized spacial score (nSPS) is 12.4. The number of anilines is 1. The van der Waals surface area contributed by atoms with Gasteiger partial charge in [0.2, 0.25) is 5.91 Å². The number of nitrogens with zero attached hydrogens (tertiary/aromatic N) is 2. The van der Waals surface area contributed by atoms with Crippen LogP contribution in [0.2, 0.25) is 0 Å². The molecule has 2 heterocycles. The van der Waals surface area contributed by atoms with Gasteiger partial charge in [0.05, 0.1) is 17.1 Å². The zero-order valence-corrected chi connectivity index (χ0v) is 23.3. The third-order valence-corrected chi connectivity index (χ3v) is 7.56. The molecule has 1 N–H and O–H groups in total. The molecule has 4 rings (SSSR count). The number of hydrogen-bond acceptors (Lipinski definition) is 8. The van der Waals surface area contributed by atoms with E-state index in [9.17, 15) is 29.3 Å². The standard InChI is InChI=1S/C27H24BrN3O7S/c1-2-38-27(35)23-19(16-10-12-17(28)13-11-16)15-39-24(23)29-21(32)9-4-3-5-14-30-25(33)18-7-6-8-20(31(36)37)22(18)26(30)34/h6-8,10-13,15H,2-5,9,14H2,1H3,(H,29,32). The lowest BCUT2D eigenvalue weighted by molar-refractivity contribution is -0.385. The molecule has 0 aliphatic carbocycles. The number of rotatable bonds is 11. The van der Waals surface area contributed by atoms with Gasteiger partial charge in [-0.3, -0.25) is 29.4 Å². The summed E-state index contributed by atoms with van der Waals surface area (Å²) < 4.78 is 6.13. The number of amides is 3. The Morgan fingerprint density at radius 1 is 1.05 bits per heavy atom. The summed E-state index contributed by atoms with van der Waals surface area (Å²) in [5.74, 6) is -2.03. The van der Waals surface area contributed by atoms with Gasteiger partial charge in [0, 0.05) is 34.4 Å². The van der Waals surface area contributed by atoms with Crippen LogP contribution in [0.1, 0.15) is 63.7 Å². The van der Waals surface area contributed by atoms with Gasteiger partial charge in [-0.2, -0.15) is 0 Å². The summed E-state index contributed by atoms with van der Waals surface area (Å²) >= 11 is 4.64. The fourth-order valence-corrected chi connectivity index (χ4v) is 5.53. The van der Waals surface area contributed by atoms with E-state index in [2.05, 4.69) is 21.2 Å². The van der Waals surface area contributed by atoms with Crippen LogP contribution in [0.4, 0.5) is 10.7 Å². The van der Waals surface area contributed by atoms with E-state index in [0.717, 1.165) is 14.9 Å². The topological polar surface area (TPSA) is 136 Å². The SMILES string of the molecule is CCOC(=O)c1c(-c2ccc(Br)cc2)csc1NC(=O)CCCCCN1C(=O)c2cccc([N+](=O)[O-])c2C1=O. The van der Waals surface area contributed by atoms with Crippen molar-refractivity contribution in [3.8, 4) is 11.1 Å². The number of nitrogens with one attached hydrogen (secondary N) is 1. The van der Waals surface area contributed by atoms with Crippen molar-refractivity contribution < 1.29 is 28.8 Å². The molecule has 0 unspecified atom stereocenters. The van der Waals surface area contributed by atoms with Crippen LogP contribution in [-0.4, -0.2) is 46.7 Å². The average molecular weight is 614 g/mol. The Balaban J connectivity index is 1.32. The van der Waals surface area contributed by atoms with Gasteiger partial charge in [-0.1, -0.05) is 40.5 Å². The van der Waals surface area contributed by atoms with Crippen LogP contribution < -0.4 is 5.32 Å². The van der Waals surface area contributed by atoms with E-state index in [0.29, 0.717) is 35.4 Å². The van der Waals surface area contributed by atoms with Crippen molar-refractivity contribution in [3.05, 3.63) is 79.1 Å². The zero-order valence-electron chi connectivity index (χ0n) is 20.9. The number of benzene rings is 2. The first kappa shape index (κ1) is 28.1. The number of ether oxygens (including phenoxy) is 1. The molecule has 0 saturated heterocycles. The van der Waals surface area contributed by atoms with Crippen molar-refractivity contribution in [3.63, 3.8) is 0 Å². The van der Waals surface area contributed by atoms with Crippen LogP contribution in [-0.2, 0) is 9.53 Å². The third-order valence-electron chi connectivity index (χ3n) is 6.14. The number of thiophene rings is 1. The van der Waals surface area contributed by atoms with Crippen LogP contribution in [0.3, 0.4) is 0 Å². The number of hydrogen-bond donors (Lipinski definition) is 1. The smallest absolute Gasteiger partial charge is 0.341 e. The minimum Gasteiger partial charge on any atom is -0.462 e. The maximum atomic E-state index is 12.7. The predicted octanol–water partition coefficient (Wildman–Crippen LogP) is 6.06. The first-order valence-electron chi connectivity index (χ1n) is 12.2. The number of nitro benzene ring substituents is 1. The second kappa shape index (κ2) is 12.3. The van der Waals surface area contributed by atoms with Crippen LogP contribution >= 0.6 is 27.3 Å². The molecule has 3 aromatic rings. The number of unbranched alkanes of at least 4 members (excludes halogenated alkanes) is 2. The van der Waals surface area contributed by atoms with E-state index in [-0.39, 0.29) is 42.3 Å². The van der Waals surface area contributed by atoms with Gasteiger partial charge in [0.1, 0.15) is 16.1 Å². The van der Waals surface area contributed by atoms with Gasteiger partial charge in [-0.15, -0.1) is 11.3 Å². The van der Waals surface area contributed by atoms with Crippen molar-refractivity contribution in [2.45, 2.75) is 32.6 Å². The Morgan fingerprint density at radius 2 is 1.79 bits per heavy atom. The molecule has 0 saturated carbocycles. The third kappa shape index (κ3) is 6.07. The summed E-state index contributed by atoms with van der Waals surface area (Å²) in [5.41, 5.74) is 1.26. The molecule has 1 aliphatic heterocycles. The molecule has 39 heavy (non-hydrogen) atoms. The quantitative estimate of drug-likeness (QED) is 0.0912. The van der Waals surface area contributed by atoms with Crippen LogP contribution in [0.5, 0.6) is 0 Å². The van der Waals surface area contributed by atoms with Crippen LogP contribution in [0, 0.1) is 10.1 Å². The Kier molecular flexibility index (Phi) is 8.87. The van der Waals surface area contributed by atoms with E-state index in [4.69, 9.17) is 4.74 Å². The molecular weight excluding hydrogens is 590 g/mol. The van der Waals surface area contributed by atoms with Crippen molar-refractivity contribution in [1.29, 1.82) is 0 Å². The van der Waals surface area contributed by atoms with E-state index >= 15 is 0 Å². The van der Waals surface area contributed by atoms with Gasteiger partial charge in [-0.25, -0.2) is 4.79 Å². The summed E-state index contributed by atoms with van der Waals surface area (Å²) in [6, 6.07) is 11.5. The number of fused-ring (bicyclic) bond motifs is 1. The lowest BCUT2D eigenvalue weighted by Gasteiger charge is -2.13. The molecule has 2 aromatic carbocycles. The number of esters is 1. The van der Waals surface area contributed by atoms with Crippen molar-refractivity contribution >= 4 is 61.6 Å². The van der Waals surface area contributed by atoms with E-state index < -0.39 is 22.7 Å². The fourth-order valence-electron chi connectivity index (χ4n) is 4.29. The molecule has 1 aliphatic rings. The molecule has 0 fully saturated rings. The molecule has 1 aromatic heterocycles. The summed E-state index contributed by atoms with van der Waals surface area (Å²) in [6.45, 7) is 2.01. The summed E-state index contributed by atoms with van der Waals surface area (Å²) in [5, 5.41) is 16.3. The number of nitro groups is 1. The number of carbonyl (C=O) groups is 4.